The first-order valence-electron chi connectivity index (χ1n) is 6.86. The zero-order valence-electron chi connectivity index (χ0n) is 11.4. The Morgan fingerprint density at radius 3 is 2.47 bits per heavy atom. The highest BCUT2D eigenvalue weighted by molar-refractivity contribution is 5.52. The molecule has 2 aliphatic rings. The topological polar surface area (TPSA) is 53.0 Å². The number of phenolic OH excluding ortho intramolecular Hbond substituents is 2. The van der Waals surface area contributed by atoms with Gasteiger partial charge in [0.25, 0.3) is 0 Å². The number of ether oxygens (including phenoxy) is 1. The second-order valence-corrected chi connectivity index (χ2v) is 6.05. The molecular formula is C16H20O3. The second kappa shape index (κ2) is 4.27. The van der Waals surface area contributed by atoms with Gasteiger partial charge in [-0.15, -0.1) is 0 Å². The highest BCUT2D eigenvalue weighted by Crippen LogP contribution is 2.40. The lowest BCUT2D eigenvalue weighted by atomic mass is 9.87. The minimum atomic E-state index is 0.0491. The van der Waals surface area contributed by atoms with Crippen LogP contribution >= 0.6 is 0 Å². The lowest BCUT2D eigenvalue weighted by Crippen LogP contribution is -2.07. The first kappa shape index (κ1) is 12.5. The Bertz CT molecular complexity index is 543. The van der Waals surface area contributed by atoms with Crippen molar-refractivity contribution in [3.8, 4) is 11.5 Å². The zero-order valence-corrected chi connectivity index (χ0v) is 11.4. The molecule has 0 spiro atoms. The molecule has 1 aromatic rings. The lowest BCUT2D eigenvalue weighted by Gasteiger charge is -2.19. The van der Waals surface area contributed by atoms with Crippen molar-refractivity contribution in [2.75, 3.05) is 0 Å². The Balaban J connectivity index is 1.68. The van der Waals surface area contributed by atoms with E-state index in [0.29, 0.717) is 18.3 Å². The summed E-state index contributed by atoms with van der Waals surface area (Å²) >= 11 is 0. The molecule has 2 N–H and O–H groups in total. The fourth-order valence-electron chi connectivity index (χ4n) is 2.88. The standard InChI is InChI=1S/C16H20O3/c1-16(2)15(19-16)8-4-10-3-5-11-12(9-10)14(18)7-6-13(11)17/h3,6-7,15,17-18H,4-5,8-9H2,1-2H3. The predicted octanol–water partition coefficient (Wildman–Crippen LogP) is 3.08. The van der Waals surface area contributed by atoms with Crippen LogP contribution in [0, 0.1) is 0 Å². The number of fused-ring (bicyclic) bond motifs is 1. The summed E-state index contributed by atoms with van der Waals surface area (Å²) in [5, 5.41) is 19.7. The number of phenols is 2. The van der Waals surface area contributed by atoms with Crippen LogP contribution in [0.4, 0.5) is 0 Å². The number of rotatable bonds is 3. The number of aromatic hydroxyl groups is 2. The van der Waals surface area contributed by atoms with Gasteiger partial charge in [0.15, 0.2) is 0 Å². The summed E-state index contributed by atoms with van der Waals surface area (Å²) in [6.07, 6.45) is 6.03. The van der Waals surface area contributed by atoms with Crippen molar-refractivity contribution in [2.24, 2.45) is 0 Å². The Morgan fingerprint density at radius 2 is 1.84 bits per heavy atom. The van der Waals surface area contributed by atoms with Crippen LogP contribution in [0.1, 0.15) is 37.8 Å². The van der Waals surface area contributed by atoms with Gasteiger partial charge in [-0.25, -0.2) is 0 Å². The molecule has 1 aromatic carbocycles. The summed E-state index contributed by atoms with van der Waals surface area (Å²) in [6.45, 7) is 4.23. The van der Waals surface area contributed by atoms with E-state index < -0.39 is 0 Å². The van der Waals surface area contributed by atoms with Gasteiger partial charge < -0.3 is 14.9 Å². The fraction of sp³-hybridized carbons (Fsp3) is 0.500. The van der Waals surface area contributed by atoms with Crippen LogP contribution in [-0.4, -0.2) is 21.9 Å². The first-order chi connectivity index (χ1) is 8.97. The molecule has 1 fully saturated rings. The molecule has 3 nitrogen and oxygen atoms in total. The molecule has 1 atom stereocenters. The summed E-state index contributed by atoms with van der Waals surface area (Å²) in [5.74, 6) is 0.580. The predicted molar refractivity (Wildman–Crippen MR) is 73.4 cm³/mol. The molecule has 102 valence electrons. The van der Waals surface area contributed by atoms with E-state index in [1.165, 1.54) is 5.57 Å². The Hall–Kier alpha value is -1.48. The lowest BCUT2D eigenvalue weighted by molar-refractivity contribution is 0.320. The molecule has 1 saturated heterocycles. The van der Waals surface area contributed by atoms with Crippen LogP contribution in [0.3, 0.4) is 0 Å². The Labute approximate surface area is 113 Å². The maximum absolute atomic E-state index is 9.91. The van der Waals surface area contributed by atoms with Gasteiger partial charge in [-0.2, -0.15) is 0 Å². The summed E-state index contributed by atoms with van der Waals surface area (Å²) in [5.41, 5.74) is 3.13. The van der Waals surface area contributed by atoms with Crippen molar-refractivity contribution >= 4 is 0 Å². The third kappa shape index (κ3) is 2.35. The molecule has 0 radical (unpaired) electrons. The van der Waals surface area contributed by atoms with Crippen molar-refractivity contribution in [3.05, 3.63) is 34.9 Å². The van der Waals surface area contributed by atoms with Crippen LogP contribution in [0.5, 0.6) is 11.5 Å². The summed E-state index contributed by atoms with van der Waals surface area (Å²) in [6, 6.07) is 3.14. The van der Waals surface area contributed by atoms with Gasteiger partial charge >= 0.3 is 0 Å². The van der Waals surface area contributed by atoms with E-state index in [-0.39, 0.29) is 11.4 Å². The number of allylic oxidation sites excluding steroid dienone is 2. The molecule has 0 saturated carbocycles. The molecule has 3 heteroatoms. The third-order valence-electron chi connectivity index (χ3n) is 4.27. The number of benzene rings is 1. The third-order valence-corrected chi connectivity index (χ3v) is 4.27. The Kier molecular flexibility index (Phi) is 2.82. The summed E-state index contributed by atoms with van der Waals surface area (Å²) in [4.78, 5) is 0. The van der Waals surface area contributed by atoms with Gasteiger partial charge in [0.1, 0.15) is 11.5 Å². The van der Waals surface area contributed by atoms with E-state index in [1.807, 2.05) is 0 Å². The van der Waals surface area contributed by atoms with Crippen molar-refractivity contribution in [2.45, 2.75) is 51.2 Å². The highest BCUT2D eigenvalue weighted by Gasteiger charge is 2.46. The largest absolute Gasteiger partial charge is 0.508 e. The van der Waals surface area contributed by atoms with Crippen molar-refractivity contribution in [1.82, 2.24) is 0 Å². The quantitative estimate of drug-likeness (QED) is 0.499. The summed E-state index contributed by atoms with van der Waals surface area (Å²) < 4.78 is 5.59. The van der Waals surface area contributed by atoms with Crippen LogP contribution in [0.25, 0.3) is 0 Å². The van der Waals surface area contributed by atoms with Gasteiger partial charge in [-0.05, 0) is 51.7 Å². The number of hydrogen-bond donors (Lipinski definition) is 2. The van der Waals surface area contributed by atoms with Crippen molar-refractivity contribution in [1.29, 1.82) is 0 Å². The molecule has 1 aliphatic carbocycles. The summed E-state index contributed by atoms with van der Waals surface area (Å²) in [7, 11) is 0. The van der Waals surface area contributed by atoms with E-state index >= 15 is 0 Å². The molecule has 0 aromatic heterocycles. The van der Waals surface area contributed by atoms with Crippen LogP contribution in [-0.2, 0) is 17.6 Å². The molecule has 0 bridgehead atoms. The Morgan fingerprint density at radius 1 is 1.21 bits per heavy atom. The minimum Gasteiger partial charge on any atom is -0.508 e. The monoisotopic (exact) mass is 260 g/mol. The van der Waals surface area contributed by atoms with E-state index in [9.17, 15) is 10.2 Å². The van der Waals surface area contributed by atoms with E-state index in [1.54, 1.807) is 12.1 Å². The van der Waals surface area contributed by atoms with Gasteiger partial charge in [0.05, 0.1) is 11.7 Å². The van der Waals surface area contributed by atoms with E-state index in [2.05, 4.69) is 19.9 Å². The van der Waals surface area contributed by atoms with E-state index in [4.69, 9.17) is 4.74 Å². The highest BCUT2D eigenvalue weighted by atomic mass is 16.6. The van der Waals surface area contributed by atoms with Crippen molar-refractivity contribution < 1.29 is 14.9 Å². The molecule has 1 aliphatic heterocycles. The smallest absolute Gasteiger partial charge is 0.119 e. The van der Waals surface area contributed by atoms with Gasteiger partial charge in [-0.3, -0.25) is 0 Å². The SMILES string of the molecule is CC1(C)OC1CCC1=CCc2c(O)ccc(O)c2C1. The van der Waals surface area contributed by atoms with Gasteiger partial charge in [0.2, 0.25) is 0 Å². The van der Waals surface area contributed by atoms with Crippen LogP contribution < -0.4 is 0 Å². The number of epoxide rings is 1. The molecule has 0 amide bonds. The number of hydrogen-bond acceptors (Lipinski definition) is 3. The fourth-order valence-corrected chi connectivity index (χ4v) is 2.88. The van der Waals surface area contributed by atoms with E-state index in [0.717, 1.165) is 30.4 Å². The van der Waals surface area contributed by atoms with Gasteiger partial charge in [-0.1, -0.05) is 11.6 Å². The zero-order chi connectivity index (χ0) is 13.6. The normalized spacial score (nSPS) is 23.7. The maximum atomic E-state index is 9.91. The molecule has 1 unspecified atom stereocenters. The molecule has 19 heavy (non-hydrogen) atoms. The minimum absolute atomic E-state index is 0.0491. The average Bonchev–Trinajstić information content (AvgIpc) is 2.99. The first-order valence-corrected chi connectivity index (χ1v) is 6.86. The molecule has 3 rings (SSSR count). The second-order valence-electron chi connectivity index (χ2n) is 6.05. The average molecular weight is 260 g/mol. The molecule has 1 heterocycles. The van der Waals surface area contributed by atoms with Crippen LogP contribution in [0.15, 0.2) is 23.8 Å². The maximum Gasteiger partial charge on any atom is 0.119 e. The van der Waals surface area contributed by atoms with Crippen LogP contribution in [0.2, 0.25) is 0 Å². The van der Waals surface area contributed by atoms with Crippen molar-refractivity contribution in [3.63, 3.8) is 0 Å². The van der Waals surface area contributed by atoms with Gasteiger partial charge in [0, 0.05) is 11.1 Å². The molecular weight excluding hydrogens is 240 g/mol.